The van der Waals surface area contributed by atoms with Crippen LogP contribution in [0.2, 0.25) is 0 Å². The van der Waals surface area contributed by atoms with Crippen LogP contribution in [0.1, 0.15) is 49.1 Å². The second-order valence-corrected chi connectivity index (χ2v) is 7.76. The number of primary amides is 1. The number of carbonyl (C=O) groups is 3. The molecule has 0 saturated carbocycles. The first-order valence-corrected chi connectivity index (χ1v) is 10.1. The number of ether oxygens (including phenoxy) is 1. The number of benzene rings is 2. The lowest BCUT2D eigenvalue weighted by Gasteiger charge is -2.18. The Balaban J connectivity index is 1.89. The molecular weight excluding hydrogens is 400 g/mol. The normalized spacial score (nSPS) is 10.6. The molecule has 3 aromatic rings. The Morgan fingerprint density at radius 2 is 1.53 bits per heavy atom. The van der Waals surface area contributed by atoms with E-state index in [2.05, 4.69) is 5.32 Å². The number of thiophene rings is 1. The summed E-state index contributed by atoms with van der Waals surface area (Å²) in [6.45, 7) is 1.61. The van der Waals surface area contributed by atoms with E-state index in [1.54, 1.807) is 6.92 Å². The molecule has 7 heteroatoms. The van der Waals surface area contributed by atoms with Crippen LogP contribution >= 0.6 is 11.3 Å². The molecule has 2 aromatic carbocycles. The maximum Gasteiger partial charge on any atom is 0.348 e. The lowest BCUT2D eigenvalue weighted by Crippen LogP contribution is -2.19. The van der Waals surface area contributed by atoms with Gasteiger partial charge in [-0.05, 0) is 23.6 Å². The zero-order chi connectivity index (χ0) is 21.7. The number of esters is 1. The van der Waals surface area contributed by atoms with Gasteiger partial charge in [0.15, 0.2) is 0 Å². The zero-order valence-electron chi connectivity index (χ0n) is 16.7. The Morgan fingerprint density at radius 1 is 1.00 bits per heavy atom. The molecule has 2 amide bonds. The Bertz CT molecular complexity index is 1020. The number of hydrogen-bond acceptors (Lipinski definition) is 5. The minimum atomic E-state index is -0.711. The number of nitrogens with one attached hydrogen (secondary N) is 1. The van der Waals surface area contributed by atoms with Gasteiger partial charge in [0.2, 0.25) is 5.91 Å². The van der Waals surface area contributed by atoms with Crippen LogP contribution in [-0.2, 0) is 9.53 Å². The molecule has 0 fully saturated rings. The lowest BCUT2D eigenvalue weighted by molar-refractivity contribution is -0.116. The van der Waals surface area contributed by atoms with Crippen molar-refractivity contribution in [2.75, 3.05) is 12.4 Å². The third-order valence-corrected chi connectivity index (χ3v) is 6.00. The molecule has 3 N–H and O–H groups in total. The van der Waals surface area contributed by atoms with E-state index in [-0.39, 0.29) is 33.7 Å². The number of hydrogen-bond donors (Lipinski definition) is 2. The number of rotatable bonds is 7. The van der Waals surface area contributed by atoms with Gasteiger partial charge in [-0.25, -0.2) is 4.79 Å². The first kappa shape index (κ1) is 21.3. The molecular formula is C23H22N2O4S. The van der Waals surface area contributed by atoms with E-state index in [0.717, 1.165) is 22.5 Å². The second kappa shape index (κ2) is 9.37. The van der Waals surface area contributed by atoms with Crippen LogP contribution in [0.5, 0.6) is 0 Å². The fourth-order valence-electron chi connectivity index (χ4n) is 3.35. The van der Waals surface area contributed by atoms with E-state index in [4.69, 9.17) is 10.5 Å². The molecule has 3 rings (SSSR count). The molecule has 0 unspecified atom stereocenters. The molecule has 0 aliphatic carbocycles. The fraction of sp³-hybridized carbons (Fsp3) is 0.174. The van der Waals surface area contributed by atoms with E-state index in [1.165, 1.54) is 7.11 Å². The van der Waals surface area contributed by atoms with Crippen molar-refractivity contribution < 1.29 is 19.1 Å². The Hall–Kier alpha value is -3.45. The average Bonchev–Trinajstić information content (AvgIpc) is 3.08. The SMILES string of the molecule is COC(=O)c1sc(NC(=O)CC(c2ccccc2)c2ccccc2)c(C(N)=O)c1C. The summed E-state index contributed by atoms with van der Waals surface area (Å²) in [6.07, 6.45) is 0.163. The second-order valence-electron chi connectivity index (χ2n) is 6.74. The predicted molar refractivity (Wildman–Crippen MR) is 117 cm³/mol. The highest BCUT2D eigenvalue weighted by atomic mass is 32.1. The molecule has 1 heterocycles. The summed E-state index contributed by atoms with van der Waals surface area (Å²) in [6, 6.07) is 19.5. The van der Waals surface area contributed by atoms with Crippen LogP contribution in [0.15, 0.2) is 60.7 Å². The standard InChI is InChI=1S/C23H22N2O4S/c1-14-19(21(24)27)22(30-20(14)23(28)29-2)25-18(26)13-17(15-9-5-3-6-10-15)16-11-7-4-8-12-16/h3-12,17H,13H2,1-2H3,(H2,24,27)(H,25,26). The van der Waals surface area contributed by atoms with Crippen LogP contribution < -0.4 is 11.1 Å². The zero-order valence-corrected chi connectivity index (χ0v) is 17.5. The smallest absolute Gasteiger partial charge is 0.348 e. The monoisotopic (exact) mass is 422 g/mol. The maximum absolute atomic E-state index is 12.9. The summed E-state index contributed by atoms with van der Waals surface area (Å²) >= 11 is 0.987. The number of methoxy groups -OCH3 is 1. The molecule has 0 atom stereocenters. The van der Waals surface area contributed by atoms with Gasteiger partial charge in [-0.1, -0.05) is 60.7 Å². The van der Waals surface area contributed by atoms with Crippen molar-refractivity contribution in [1.29, 1.82) is 0 Å². The van der Waals surface area contributed by atoms with Crippen molar-refractivity contribution in [2.45, 2.75) is 19.3 Å². The van der Waals surface area contributed by atoms with Crippen LogP contribution in [0.3, 0.4) is 0 Å². The number of carbonyl (C=O) groups excluding carboxylic acids is 3. The highest BCUT2D eigenvalue weighted by Gasteiger charge is 2.26. The first-order chi connectivity index (χ1) is 14.4. The summed E-state index contributed by atoms with van der Waals surface area (Å²) in [5, 5.41) is 3.03. The highest BCUT2D eigenvalue weighted by molar-refractivity contribution is 7.18. The van der Waals surface area contributed by atoms with Gasteiger partial charge in [-0.15, -0.1) is 11.3 Å². The van der Waals surface area contributed by atoms with Gasteiger partial charge < -0.3 is 15.8 Å². The van der Waals surface area contributed by atoms with Gasteiger partial charge in [-0.3, -0.25) is 9.59 Å². The maximum atomic E-state index is 12.9. The summed E-state index contributed by atoms with van der Waals surface area (Å²) < 4.78 is 4.76. The van der Waals surface area contributed by atoms with E-state index in [0.29, 0.717) is 5.56 Å². The molecule has 0 spiro atoms. The Kier molecular flexibility index (Phi) is 6.64. The molecule has 154 valence electrons. The number of nitrogens with two attached hydrogens (primary N) is 1. The Morgan fingerprint density at radius 3 is 2.00 bits per heavy atom. The molecule has 30 heavy (non-hydrogen) atoms. The lowest BCUT2D eigenvalue weighted by atomic mass is 9.88. The van der Waals surface area contributed by atoms with Gasteiger partial charge in [0.1, 0.15) is 9.88 Å². The van der Waals surface area contributed by atoms with Crippen molar-refractivity contribution in [3.05, 3.63) is 87.8 Å². The average molecular weight is 423 g/mol. The van der Waals surface area contributed by atoms with Crippen molar-refractivity contribution in [1.82, 2.24) is 0 Å². The van der Waals surface area contributed by atoms with Gasteiger partial charge in [0, 0.05) is 12.3 Å². The van der Waals surface area contributed by atoms with Crippen LogP contribution in [0.4, 0.5) is 5.00 Å². The van der Waals surface area contributed by atoms with Crippen molar-refractivity contribution in [3.63, 3.8) is 0 Å². The molecule has 0 saturated heterocycles. The van der Waals surface area contributed by atoms with Crippen molar-refractivity contribution in [3.8, 4) is 0 Å². The third-order valence-electron chi connectivity index (χ3n) is 4.81. The van der Waals surface area contributed by atoms with E-state index in [1.807, 2.05) is 60.7 Å². The predicted octanol–water partition coefficient (Wildman–Crippen LogP) is 4.10. The largest absolute Gasteiger partial charge is 0.465 e. The molecule has 6 nitrogen and oxygen atoms in total. The van der Waals surface area contributed by atoms with Crippen molar-refractivity contribution in [2.24, 2.45) is 5.73 Å². The quantitative estimate of drug-likeness (QED) is 0.560. The van der Waals surface area contributed by atoms with Gasteiger partial charge in [0.05, 0.1) is 12.7 Å². The molecule has 1 aromatic heterocycles. The topological polar surface area (TPSA) is 98.5 Å². The third kappa shape index (κ3) is 4.58. The first-order valence-electron chi connectivity index (χ1n) is 9.33. The van der Waals surface area contributed by atoms with Crippen LogP contribution in [-0.4, -0.2) is 24.9 Å². The molecule has 0 aliphatic heterocycles. The molecule has 0 radical (unpaired) electrons. The van der Waals surface area contributed by atoms with Crippen molar-refractivity contribution >= 4 is 34.1 Å². The summed E-state index contributed by atoms with van der Waals surface area (Å²) in [4.78, 5) is 37.1. The summed E-state index contributed by atoms with van der Waals surface area (Å²) in [7, 11) is 1.26. The van der Waals surface area contributed by atoms with Gasteiger partial charge in [-0.2, -0.15) is 0 Å². The number of amides is 2. The van der Waals surface area contributed by atoms with Gasteiger partial charge in [0.25, 0.3) is 5.91 Å². The number of anilines is 1. The molecule has 0 bridgehead atoms. The Labute approximate surface area is 178 Å². The van der Waals surface area contributed by atoms with Gasteiger partial charge >= 0.3 is 5.97 Å². The fourth-order valence-corrected chi connectivity index (χ4v) is 4.49. The van der Waals surface area contributed by atoms with Crippen LogP contribution in [0, 0.1) is 6.92 Å². The van der Waals surface area contributed by atoms with Crippen LogP contribution in [0.25, 0.3) is 0 Å². The summed E-state index contributed by atoms with van der Waals surface area (Å²) in [5.41, 5.74) is 8.04. The summed E-state index contributed by atoms with van der Waals surface area (Å²) in [5.74, 6) is -1.73. The van der Waals surface area contributed by atoms with E-state index in [9.17, 15) is 14.4 Å². The van der Waals surface area contributed by atoms with E-state index >= 15 is 0 Å². The minimum Gasteiger partial charge on any atom is -0.465 e. The van der Waals surface area contributed by atoms with E-state index < -0.39 is 11.9 Å². The molecule has 0 aliphatic rings. The minimum absolute atomic E-state index is 0.129. The highest BCUT2D eigenvalue weighted by Crippen LogP contribution is 2.34.